The molecule has 6 heteroatoms. The van der Waals surface area contributed by atoms with Crippen molar-refractivity contribution in [3.8, 4) is 11.5 Å². The second-order valence-electron chi connectivity index (χ2n) is 5.27. The van der Waals surface area contributed by atoms with Crippen molar-refractivity contribution in [2.24, 2.45) is 0 Å². The number of nitrogens with one attached hydrogen (secondary N) is 1. The molecule has 0 bridgehead atoms. The predicted octanol–water partition coefficient (Wildman–Crippen LogP) is 3.99. The summed E-state index contributed by atoms with van der Waals surface area (Å²) in [4.78, 5) is 16.4. The van der Waals surface area contributed by atoms with E-state index in [1.54, 1.807) is 41.9 Å². The van der Waals surface area contributed by atoms with Gasteiger partial charge in [-0.05, 0) is 48.9 Å². The molecule has 3 rings (SSSR count). The lowest BCUT2D eigenvalue weighted by Gasteiger charge is -2.09. The van der Waals surface area contributed by atoms with Crippen molar-refractivity contribution in [1.82, 2.24) is 4.98 Å². The lowest BCUT2D eigenvalue weighted by Crippen LogP contribution is -2.11. The zero-order valence-electron chi connectivity index (χ0n) is 13.0. The summed E-state index contributed by atoms with van der Waals surface area (Å²) in [6.45, 7) is 2.27. The molecule has 0 aliphatic heterocycles. The van der Waals surface area contributed by atoms with Crippen molar-refractivity contribution in [2.75, 3.05) is 5.32 Å². The molecule has 2 N–H and O–H groups in total. The van der Waals surface area contributed by atoms with Crippen molar-refractivity contribution in [3.63, 3.8) is 0 Å². The molecular formula is C18H16N2O3S. The number of hydrogen-bond acceptors (Lipinski definition) is 5. The van der Waals surface area contributed by atoms with Crippen LogP contribution in [0.4, 0.5) is 5.69 Å². The first kappa shape index (κ1) is 16.0. The van der Waals surface area contributed by atoms with Gasteiger partial charge >= 0.3 is 0 Å². The van der Waals surface area contributed by atoms with Gasteiger partial charge in [0, 0.05) is 10.9 Å². The number of thiazole rings is 1. The van der Waals surface area contributed by atoms with Crippen LogP contribution in [0.25, 0.3) is 0 Å². The van der Waals surface area contributed by atoms with Crippen molar-refractivity contribution in [2.45, 2.75) is 13.5 Å². The molecule has 0 spiro atoms. The summed E-state index contributed by atoms with van der Waals surface area (Å²) < 4.78 is 5.61. The quantitative estimate of drug-likeness (QED) is 0.689. The average Bonchev–Trinajstić information content (AvgIpc) is 3.09. The second-order valence-corrected chi connectivity index (χ2v) is 5.99. The molecule has 5 nitrogen and oxygen atoms in total. The molecular weight excluding hydrogens is 324 g/mol. The van der Waals surface area contributed by atoms with Gasteiger partial charge in [0.2, 0.25) is 0 Å². The predicted molar refractivity (Wildman–Crippen MR) is 93.7 cm³/mol. The number of phenolic OH excluding ortho intramolecular Hbond substituents is 1. The Morgan fingerprint density at radius 2 is 2.04 bits per heavy atom. The highest BCUT2D eigenvalue weighted by Gasteiger charge is 2.09. The van der Waals surface area contributed by atoms with Gasteiger partial charge in [0.1, 0.15) is 18.1 Å². The molecule has 3 aromatic rings. The monoisotopic (exact) mass is 340 g/mol. The molecule has 1 amide bonds. The Balaban J connectivity index is 1.63. The highest BCUT2D eigenvalue weighted by Crippen LogP contribution is 2.24. The average molecular weight is 340 g/mol. The Labute approximate surface area is 143 Å². The van der Waals surface area contributed by atoms with Crippen LogP contribution in [0.1, 0.15) is 21.6 Å². The minimum absolute atomic E-state index is 0.0477. The number of aryl methyl sites for hydroxylation is 1. The maximum atomic E-state index is 12.2. The maximum Gasteiger partial charge on any atom is 0.255 e. The van der Waals surface area contributed by atoms with Crippen LogP contribution in [-0.2, 0) is 6.61 Å². The SMILES string of the molecule is Cc1ccc(NC(=O)c2ccc(OCc3cscn3)cc2)c(O)c1. The Kier molecular flexibility index (Phi) is 4.77. The summed E-state index contributed by atoms with van der Waals surface area (Å²) in [6, 6.07) is 11.9. The number of anilines is 1. The van der Waals surface area contributed by atoms with E-state index in [1.807, 2.05) is 18.4 Å². The summed E-state index contributed by atoms with van der Waals surface area (Å²) in [5.41, 5.74) is 4.42. The van der Waals surface area contributed by atoms with Gasteiger partial charge in [0.15, 0.2) is 0 Å². The molecule has 24 heavy (non-hydrogen) atoms. The molecule has 0 aliphatic carbocycles. The topological polar surface area (TPSA) is 71.5 Å². The number of ether oxygens (including phenoxy) is 1. The smallest absolute Gasteiger partial charge is 0.255 e. The minimum Gasteiger partial charge on any atom is -0.506 e. The van der Waals surface area contributed by atoms with Gasteiger partial charge < -0.3 is 15.2 Å². The molecule has 0 radical (unpaired) electrons. The Morgan fingerprint density at radius 1 is 1.25 bits per heavy atom. The Morgan fingerprint density at radius 3 is 2.71 bits per heavy atom. The number of phenols is 1. The second kappa shape index (κ2) is 7.14. The highest BCUT2D eigenvalue weighted by atomic mass is 32.1. The van der Waals surface area contributed by atoms with Crippen LogP contribution in [0.15, 0.2) is 53.4 Å². The largest absolute Gasteiger partial charge is 0.506 e. The number of amides is 1. The minimum atomic E-state index is -0.291. The van der Waals surface area contributed by atoms with Gasteiger partial charge in [-0.25, -0.2) is 4.98 Å². The molecule has 122 valence electrons. The van der Waals surface area contributed by atoms with Crippen molar-refractivity contribution in [1.29, 1.82) is 0 Å². The zero-order valence-corrected chi connectivity index (χ0v) is 13.8. The number of aromatic hydroxyl groups is 1. The van der Waals surface area contributed by atoms with Crippen LogP contribution in [-0.4, -0.2) is 16.0 Å². The standard InChI is InChI=1S/C18H16N2O3S/c1-12-2-7-16(17(21)8-12)20-18(22)13-3-5-15(6-4-13)23-9-14-10-24-11-19-14/h2-8,10-11,21H,9H2,1H3,(H,20,22). The number of aromatic nitrogens is 1. The summed E-state index contributed by atoms with van der Waals surface area (Å²) in [6.07, 6.45) is 0. The number of carbonyl (C=O) groups is 1. The van der Waals surface area contributed by atoms with E-state index in [9.17, 15) is 9.90 Å². The van der Waals surface area contributed by atoms with Crippen LogP contribution >= 0.6 is 11.3 Å². The van der Waals surface area contributed by atoms with Crippen LogP contribution in [0, 0.1) is 6.92 Å². The molecule has 0 saturated heterocycles. The van der Waals surface area contributed by atoms with Crippen molar-refractivity contribution < 1.29 is 14.6 Å². The van der Waals surface area contributed by atoms with E-state index >= 15 is 0 Å². The van der Waals surface area contributed by atoms with Crippen LogP contribution < -0.4 is 10.1 Å². The lowest BCUT2D eigenvalue weighted by molar-refractivity contribution is 0.102. The molecule has 0 aliphatic rings. The maximum absolute atomic E-state index is 12.2. The Hall–Kier alpha value is -2.86. The Bertz CT molecular complexity index is 830. The number of nitrogens with zero attached hydrogens (tertiary/aromatic N) is 1. The van der Waals surface area contributed by atoms with Crippen molar-refractivity contribution in [3.05, 3.63) is 70.2 Å². The van der Waals surface area contributed by atoms with Crippen molar-refractivity contribution >= 4 is 22.9 Å². The van der Waals surface area contributed by atoms with E-state index in [0.717, 1.165) is 11.3 Å². The van der Waals surface area contributed by atoms with Gasteiger partial charge in [0.25, 0.3) is 5.91 Å². The van der Waals surface area contributed by atoms with E-state index in [2.05, 4.69) is 10.3 Å². The van der Waals surface area contributed by atoms with E-state index in [4.69, 9.17) is 4.74 Å². The summed E-state index contributed by atoms with van der Waals surface area (Å²) in [5, 5.41) is 14.5. The summed E-state index contributed by atoms with van der Waals surface area (Å²) in [5.74, 6) is 0.421. The third-order valence-corrected chi connectivity index (χ3v) is 4.02. The normalized spacial score (nSPS) is 10.4. The fourth-order valence-electron chi connectivity index (χ4n) is 2.11. The highest BCUT2D eigenvalue weighted by molar-refractivity contribution is 7.07. The molecule has 1 aromatic heterocycles. The fraction of sp³-hybridized carbons (Fsp3) is 0.111. The van der Waals surface area contributed by atoms with E-state index in [1.165, 1.54) is 11.3 Å². The first-order chi connectivity index (χ1) is 11.6. The van der Waals surface area contributed by atoms with Gasteiger partial charge in [-0.3, -0.25) is 4.79 Å². The summed E-state index contributed by atoms with van der Waals surface area (Å²) >= 11 is 1.52. The van der Waals surface area contributed by atoms with Gasteiger partial charge in [-0.15, -0.1) is 11.3 Å². The first-order valence-electron chi connectivity index (χ1n) is 7.33. The zero-order chi connectivity index (χ0) is 16.9. The molecule has 0 unspecified atom stereocenters. The van der Waals surface area contributed by atoms with E-state index < -0.39 is 0 Å². The third kappa shape index (κ3) is 3.91. The molecule has 2 aromatic carbocycles. The van der Waals surface area contributed by atoms with Gasteiger partial charge in [-0.1, -0.05) is 6.07 Å². The van der Waals surface area contributed by atoms with Gasteiger partial charge in [-0.2, -0.15) is 0 Å². The van der Waals surface area contributed by atoms with Crippen LogP contribution in [0.2, 0.25) is 0 Å². The number of hydrogen-bond donors (Lipinski definition) is 2. The first-order valence-corrected chi connectivity index (χ1v) is 8.27. The molecule has 0 atom stereocenters. The van der Waals surface area contributed by atoms with Gasteiger partial charge in [0.05, 0.1) is 16.9 Å². The van der Waals surface area contributed by atoms with E-state index in [0.29, 0.717) is 23.6 Å². The number of benzene rings is 2. The number of carbonyl (C=O) groups excluding carboxylic acids is 1. The van der Waals surface area contributed by atoms with E-state index in [-0.39, 0.29) is 11.7 Å². The fourth-order valence-corrected chi connectivity index (χ4v) is 2.65. The van der Waals surface area contributed by atoms with Crippen LogP contribution in [0.3, 0.4) is 0 Å². The molecule has 1 heterocycles. The molecule has 0 saturated carbocycles. The molecule has 0 fully saturated rings. The third-order valence-electron chi connectivity index (χ3n) is 3.39. The number of rotatable bonds is 5. The van der Waals surface area contributed by atoms with Crippen LogP contribution in [0.5, 0.6) is 11.5 Å². The lowest BCUT2D eigenvalue weighted by atomic mass is 10.1. The summed E-state index contributed by atoms with van der Waals surface area (Å²) in [7, 11) is 0.